The fourth-order valence-electron chi connectivity index (χ4n) is 3.15. The van der Waals surface area contributed by atoms with Crippen LogP contribution in [-0.4, -0.2) is 32.8 Å². The maximum Gasteiger partial charge on any atom is 0.228 e. The highest BCUT2D eigenvalue weighted by atomic mass is 32.2. The summed E-state index contributed by atoms with van der Waals surface area (Å²) in [4.78, 5) is 6.74. The number of aromatic nitrogens is 4. The van der Waals surface area contributed by atoms with Crippen LogP contribution in [0.1, 0.15) is 31.2 Å². The Morgan fingerprint density at radius 1 is 1.15 bits per heavy atom. The predicted octanol–water partition coefficient (Wildman–Crippen LogP) is 3.84. The third-order valence-electron chi connectivity index (χ3n) is 4.73. The molecule has 6 nitrogen and oxygen atoms in total. The first-order valence-electron chi connectivity index (χ1n) is 9.03. The van der Waals surface area contributed by atoms with E-state index in [9.17, 15) is 0 Å². The maximum atomic E-state index is 5.57. The molecule has 0 unspecified atom stereocenters. The Kier molecular flexibility index (Phi) is 5.24. The van der Waals surface area contributed by atoms with Gasteiger partial charge in [0.1, 0.15) is 5.76 Å². The topological polar surface area (TPSA) is 60.0 Å². The Morgan fingerprint density at radius 3 is 2.77 bits per heavy atom. The highest BCUT2D eigenvalue weighted by molar-refractivity contribution is 7.98. The van der Waals surface area contributed by atoms with E-state index in [1.54, 1.807) is 18.0 Å². The van der Waals surface area contributed by atoms with E-state index in [1.165, 1.54) is 12.8 Å². The minimum atomic E-state index is 0.645. The summed E-state index contributed by atoms with van der Waals surface area (Å²) >= 11 is 1.67. The van der Waals surface area contributed by atoms with Gasteiger partial charge in [-0.3, -0.25) is 9.55 Å². The van der Waals surface area contributed by atoms with Crippen molar-refractivity contribution in [2.24, 2.45) is 5.92 Å². The quantitative estimate of drug-likeness (QED) is 0.615. The van der Waals surface area contributed by atoms with Crippen molar-refractivity contribution in [3.8, 4) is 0 Å². The van der Waals surface area contributed by atoms with Crippen LogP contribution < -0.4 is 4.90 Å². The molecule has 0 bridgehead atoms. The number of anilines is 1. The predicted molar refractivity (Wildman–Crippen MR) is 102 cm³/mol. The summed E-state index contributed by atoms with van der Waals surface area (Å²) in [6.45, 7) is 5.02. The summed E-state index contributed by atoms with van der Waals surface area (Å²) in [5.41, 5.74) is 1.04. The molecule has 3 aromatic rings. The SMILES string of the molecule is CC1CCN(c2nnc(SCc3ccccn3)n2Cc2ccco2)CC1. The van der Waals surface area contributed by atoms with Crippen molar-refractivity contribution in [1.29, 1.82) is 0 Å². The van der Waals surface area contributed by atoms with Crippen molar-refractivity contribution >= 4 is 17.7 Å². The van der Waals surface area contributed by atoms with Crippen LogP contribution in [0.15, 0.2) is 52.4 Å². The van der Waals surface area contributed by atoms with Gasteiger partial charge in [-0.25, -0.2) is 0 Å². The largest absolute Gasteiger partial charge is 0.467 e. The second kappa shape index (κ2) is 7.95. The van der Waals surface area contributed by atoms with Gasteiger partial charge in [-0.15, -0.1) is 10.2 Å². The summed E-state index contributed by atoms with van der Waals surface area (Å²) in [5, 5.41) is 9.89. The fourth-order valence-corrected chi connectivity index (χ4v) is 4.00. The van der Waals surface area contributed by atoms with Crippen LogP contribution in [0.4, 0.5) is 5.95 Å². The Labute approximate surface area is 157 Å². The number of pyridine rings is 1. The molecule has 1 saturated heterocycles. The molecule has 1 fully saturated rings. The maximum absolute atomic E-state index is 5.57. The first-order chi connectivity index (χ1) is 12.8. The van der Waals surface area contributed by atoms with Crippen LogP contribution in [0.3, 0.4) is 0 Å². The van der Waals surface area contributed by atoms with Gasteiger partial charge in [0, 0.05) is 25.0 Å². The lowest BCUT2D eigenvalue weighted by molar-refractivity contribution is 0.427. The average Bonchev–Trinajstić information content (AvgIpc) is 3.32. The summed E-state index contributed by atoms with van der Waals surface area (Å²) in [6.07, 6.45) is 5.93. The molecular formula is C19H23N5OS. The van der Waals surface area contributed by atoms with Crippen molar-refractivity contribution in [2.45, 2.75) is 37.2 Å². The molecule has 136 valence electrons. The number of rotatable bonds is 6. The van der Waals surface area contributed by atoms with E-state index in [-0.39, 0.29) is 0 Å². The highest BCUT2D eigenvalue weighted by Gasteiger charge is 2.23. The monoisotopic (exact) mass is 369 g/mol. The van der Waals surface area contributed by atoms with Gasteiger partial charge >= 0.3 is 0 Å². The van der Waals surface area contributed by atoms with Crippen LogP contribution in [0, 0.1) is 5.92 Å². The number of thioether (sulfide) groups is 1. The Balaban J connectivity index is 1.56. The van der Waals surface area contributed by atoms with Crippen molar-refractivity contribution < 1.29 is 4.42 Å². The van der Waals surface area contributed by atoms with Crippen molar-refractivity contribution in [1.82, 2.24) is 19.7 Å². The van der Waals surface area contributed by atoms with E-state index in [0.717, 1.165) is 47.3 Å². The number of furan rings is 1. The summed E-state index contributed by atoms with van der Waals surface area (Å²) in [7, 11) is 0. The summed E-state index contributed by atoms with van der Waals surface area (Å²) < 4.78 is 7.74. The molecule has 0 amide bonds. The zero-order valence-electron chi connectivity index (χ0n) is 14.9. The highest BCUT2D eigenvalue weighted by Crippen LogP contribution is 2.28. The summed E-state index contributed by atoms with van der Waals surface area (Å²) in [6, 6.07) is 9.89. The van der Waals surface area contributed by atoms with Gasteiger partial charge in [0.2, 0.25) is 5.95 Å². The lowest BCUT2D eigenvalue weighted by Gasteiger charge is -2.31. The molecule has 0 aliphatic carbocycles. The van der Waals surface area contributed by atoms with Gasteiger partial charge < -0.3 is 9.32 Å². The minimum Gasteiger partial charge on any atom is -0.467 e. The molecule has 0 radical (unpaired) electrons. The van der Waals surface area contributed by atoms with E-state index in [0.29, 0.717) is 6.54 Å². The van der Waals surface area contributed by atoms with E-state index < -0.39 is 0 Å². The van der Waals surface area contributed by atoms with E-state index in [2.05, 4.69) is 31.6 Å². The van der Waals surface area contributed by atoms with Crippen molar-refractivity contribution in [3.05, 3.63) is 54.2 Å². The second-order valence-electron chi connectivity index (χ2n) is 6.73. The molecule has 0 aromatic carbocycles. The molecule has 7 heteroatoms. The van der Waals surface area contributed by atoms with Crippen molar-refractivity contribution in [2.75, 3.05) is 18.0 Å². The van der Waals surface area contributed by atoms with Gasteiger partial charge in [0.25, 0.3) is 0 Å². The first-order valence-corrected chi connectivity index (χ1v) is 10.0. The van der Waals surface area contributed by atoms with Crippen molar-refractivity contribution in [3.63, 3.8) is 0 Å². The molecule has 0 N–H and O–H groups in total. The molecule has 1 aliphatic rings. The van der Waals surface area contributed by atoms with Gasteiger partial charge in [-0.05, 0) is 43.0 Å². The fraction of sp³-hybridized carbons (Fsp3) is 0.421. The van der Waals surface area contributed by atoms with Gasteiger partial charge in [-0.1, -0.05) is 24.8 Å². The average molecular weight is 369 g/mol. The van der Waals surface area contributed by atoms with E-state index in [1.807, 2.05) is 36.5 Å². The number of piperidine rings is 1. The third-order valence-corrected chi connectivity index (χ3v) is 5.73. The smallest absolute Gasteiger partial charge is 0.228 e. The molecule has 4 heterocycles. The van der Waals surface area contributed by atoms with Crippen LogP contribution in [0.25, 0.3) is 0 Å². The van der Waals surface area contributed by atoms with Gasteiger partial charge in [0.05, 0.1) is 18.5 Å². The second-order valence-corrected chi connectivity index (χ2v) is 7.67. The number of nitrogens with zero attached hydrogens (tertiary/aromatic N) is 5. The summed E-state index contributed by atoms with van der Waals surface area (Å²) in [5.74, 6) is 3.41. The molecule has 0 spiro atoms. The molecular weight excluding hydrogens is 346 g/mol. The number of hydrogen-bond donors (Lipinski definition) is 0. The van der Waals surface area contributed by atoms with E-state index >= 15 is 0 Å². The van der Waals surface area contributed by atoms with Crippen LogP contribution in [-0.2, 0) is 12.3 Å². The standard InChI is InChI=1S/C19H23N5OS/c1-15-7-10-23(11-8-15)18-21-22-19(24(18)13-17-6-4-12-25-17)26-14-16-5-2-3-9-20-16/h2-6,9,12,15H,7-8,10-11,13-14H2,1H3. The Morgan fingerprint density at radius 2 is 2.04 bits per heavy atom. The normalized spacial score (nSPS) is 15.5. The first kappa shape index (κ1) is 17.1. The molecule has 26 heavy (non-hydrogen) atoms. The van der Waals surface area contributed by atoms with E-state index in [4.69, 9.17) is 4.42 Å². The zero-order valence-corrected chi connectivity index (χ0v) is 15.7. The molecule has 0 saturated carbocycles. The molecule has 3 aromatic heterocycles. The van der Waals surface area contributed by atoms with Crippen LogP contribution >= 0.6 is 11.8 Å². The third kappa shape index (κ3) is 3.93. The van der Waals surface area contributed by atoms with Crippen LogP contribution in [0.2, 0.25) is 0 Å². The molecule has 4 rings (SSSR count). The lowest BCUT2D eigenvalue weighted by atomic mass is 10.00. The minimum absolute atomic E-state index is 0.645. The Hall–Kier alpha value is -2.28. The number of hydrogen-bond acceptors (Lipinski definition) is 6. The Bertz CT molecular complexity index is 810. The molecule has 1 aliphatic heterocycles. The zero-order chi connectivity index (χ0) is 17.8. The lowest BCUT2D eigenvalue weighted by Crippen LogP contribution is -2.35. The van der Waals surface area contributed by atoms with Gasteiger partial charge in [-0.2, -0.15) is 0 Å². The van der Waals surface area contributed by atoms with Crippen LogP contribution in [0.5, 0.6) is 0 Å². The van der Waals surface area contributed by atoms with Gasteiger partial charge in [0.15, 0.2) is 5.16 Å². The molecule has 0 atom stereocenters.